The monoisotopic (exact) mass is 257 g/mol. The quantitative estimate of drug-likeness (QED) is 0.644. The zero-order valence-electron chi connectivity index (χ0n) is 10.6. The summed E-state index contributed by atoms with van der Waals surface area (Å²) < 4.78 is 0. The Morgan fingerprint density at radius 2 is 2.11 bits per heavy atom. The maximum atomic E-state index is 11.9. The van der Waals surface area contributed by atoms with Crippen LogP contribution in [0.25, 0.3) is 0 Å². The van der Waals surface area contributed by atoms with E-state index in [0.717, 1.165) is 0 Å². The molecule has 0 saturated carbocycles. The number of nitrogens with two attached hydrogens (primary N) is 1. The van der Waals surface area contributed by atoms with Crippen LogP contribution in [-0.2, 0) is 9.59 Å². The number of hydrogen-bond donors (Lipinski definition) is 3. The van der Waals surface area contributed by atoms with E-state index in [1.165, 1.54) is 11.8 Å². The molecule has 0 aromatic heterocycles. The van der Waals surface area contributed by atoms with Gasteiger partial charge in [0, 0.05) is 13.1 Å². The van der Waals surface area contributed by atoms with Crippen molar-refractivity contribution in [2.45, 2.75) is 32.2 Å². The van der Waals surface area contributed by atoms with E-state index in [0.29, 0.717) is 13.0 Å². The van der Waals surface area contributed by atoms with Gasteiger partial charge in [0.1, 0.15) is 5.54 Å². The molecular formula is C11H19N3O4. The van der Waals surface area contributed by atoms with Gasteiger partial charge >= 0.3 is 12.0 Å². The van der Waals surface area contributed by atoms with Crippen LogP contribution in [-0.4, -0.2) is 46.5 Å². The van der Waals surface area contributed by atoms with E-state index in [1.54, 1.807) is 6.92 Å². The molecule has 4 N–H and O–H groups in total. The van der Waals surface area contributed by atoms with E-state index < -0.39 is 23.4 Å². The Morgan fingerprint density at radius 1 is 1.50 bits per heavy atom. The van der Waals surface area contributed by atoms with Crippen molar-refractivity contribution in [2.75, 3.05) is 13.1 Å². The van der Waals surface area contributed by atoms with E-state index in [4.69, 9.17) is 10.8 Å². The van der Waals surface area contributed by atoms with Crippen LogP contribution in [0.3, 0.4) is 0 Å². The number of hydrogen-bond acceptors (Lipinski definition) is 3. The van der Waals surface area contributed by atoms with Gasteiger partial charge in [-0.2, -0.15) is 0 Å². The number of carbonyl (C=O) groups is 3. The second kappa shape index (κ2) is 5.24. The zero-order chi connectivity index (χ0) is 13.9. The predicted molar refractivity (Wildman–Crippen MR) is 63.7 cm³/mol. The molecule has 1 aliphatic rings. The molecular weight excluding hydrogens is 238 g/mol. The highest BCUT2D eigenvalue weighted by atomic mass is 16.4. The Kier molecular flexibility index (Phi) is 4.15. The number of aliphatic carboxylic acids is 1. The minimum absolute atomic E-state index is 0.251. The van der Waals surface area contributed by atoms with Crippen molar-refractivity contribution >= 4 is 17.9 Å². The summed E-state index contributed by atoms with van der Waals surface area (Å²) in [7, 11) is 0. The minimum atomic E-state index is -1.29. The summed E-state index contributed by atoms with van der Waals surface area (Å²) in [5.41, 5.74) is 3.88. The zero-order valence-corrected chi connectivity index (χ0v) is 10.6. The number of amides is 3. The van der Waals surface area contributed by atoms with Gasteiger partial charge < -0.3 is 21.1 Å². The summed E-state index contributed by atoms with van der Waals surface area (Å²) in [5.74, 6) is -1.85. The fraction of sp³-hybridized carbons (Fsp3) is 0.727. The number of primary amides is 1. The van der Waals surface area contributed by atoms with Crippen LogP contribution in [0.4, 0.5) is 4.79 Å². The third-order valence-corrected chi connectivity index (χ3v) is 3.44. The van der Waals surface area contributed by atoms with Crippen LogP contribution in [0.1, 0.15) is 26.7 Å². The molecule has 1 fully saturated rings. The lowest BCUT2D eigenvalue weighted by atomic mass is 10.00. The minimum Gasteiger partial charge on any atom is -0.480 e. The molecule has 2 atom stereocenters. The summed E-state index contributed by atoms with van der Waals surface area (Å²) in [6, 6.07) is -0.467. The van der Waals surface area contributed by atoms with Crippen molar-refractivity contribution in [3.8, 4) is 0 Å². The molecule has 3 amide bonds. The summed E-state index contributed by atoms with van der Waals surface area (Å²) in [6.45, 7) is 3.80. The number of urea groups is 1. The number of carboxylic acid groups (broad SMARTS) is 1. The molecule has 0 radical (unpaired) electrons. The summed E-state index contributed by atoms with van der Waals surface area (Å²) in [4.78, 5) is 35.4. The first-order valence-corrected chi connectivity index (χ1v) is 5.90. The lowest BCUT2D eigenvalue weighted by Gasteiger charge is -2.27. The topological polar surface area (TPSA) is 113 Å². The molecule has 0 aromatic rings. The van der Waals surface area contributed by atoms with Crippen molar-refractivity contribution in [3.05, 3.63) is 0 Å². The molecule has 0 bridgehead atoms. The van der Waals surface area contributed by atoms with Crippen molar-refractivity contribution in [1.29, 1.82) is 0 Å². The van der Waals surface area contributed by atoms with Crippen molar-refractivity contribution in [1.82, 2.24) is 10.2 Å². The second-order valence-corrected chi connectivity index (χ2v) is 4.75. The van der Waals surface area contributed by atoms with Gasteiger partial charge in [0.15, 0.2) is 0 Å². The SMILES string of the molecule is CCC(C)(NC(=O)N1CCC(C(N)=O)C1)C(=O)O. The lowest BCUT2D eigenvalue weighted by molar-refractivity contribution is -0.143. The van der Waals surface area contributed by atoms with Gasteiger partial charge in [-0.25, -0.2) is 9.59 Å². The largest absolute Gasteiger partial charge is 0.480 e. The van der Waals surface area contributed by atoms with Gasteiger partial charge in [-0.05, 0) is 19.8 Å². The third-order valence-electron chi connectivity index (χ3n) is 3.44. The number of likely N-dealkylation sites (tertiary alicyclic amines) is 1. The molecule has 2 unspecified atom stereocenters. The Bertz CT molecular complexity index is 371. The Hall–Kier alpha value is -1.79. The van der Waals surface area contributed by atoms with Crippen molar-refractivity contribution in [2.24, 2.45) is 11.7 Å². The van der Waals surface area contributed by atoms with E-state index in [1.807, 2.05) is 0 Å². The highest BCUT2D eigenvalue weighted by Crippen LogP contribution is 2.17. The fourth-order valence-corrected chi connectivity index (χ4v) is 1.79. The summed E-state index contributed by atoms with van der Waals surface area (Å²) in [5, 5.41) is 11.5. The van der Waals surface area contributed by atoms with Crippen molar-refractivity contribution < 1.29 is 19.5 Å². The Labute approximate surface area is 105 Å². The average molecular weight is 257 g/mol. The van der Waals surface area contributed by atoms with Crippen LogP contribution in [0.5, 0.6) is 0 Å². The Morgan fingerprint density at radius 3 is 2.50 bits per heavy atom. The van der Waals surface area contributed by atoms with E-state index in [-0.39, 0.29) is 18.9 Å². The first kappa shape index (κ1) is 14.3. The smallest absolute Gasteiger partial charge is 0.329 e. The molecule has 0 spiro atoms. The fourth-order valence-electron chi connectivity index (χ4n) is 1.79. The van der Waals surface area contributed by atoms with E-state index in [9.17, 15) is 14.4 Å². The number of rotatable bonds is 4. The normalized spacial score (nSPS) is 22.3. The lowest BCUT2D eigenvalue weighted by Crippen LogP contribution is -2.55. The highest BCUT2D eigenvalue weighted by Gasteiger charge is 2.36. The average Bonchev–Trinajstić information content (AvgIpc) is 2.77. The van der Waals surface area contributed by atoms with E-state index in [2.05, 4.69) is 5.32 Å². The number of carboxylic acids is 1. The van der Waals surface area contributed by atoms with Gasteiger partial charge in [-0.1, -0.05) is 6.92 Å². The van der Waals surface area contributed by atoms with E-state index >= 15 is 0 Å². The van der Waals surface area contributed by atoms with Crippen LogP contribution < -0.4 is 11.1 Å². The molecule has 1 aliphatic heterocycles. The van der Waals surface area contributed by atoms with Gasteiger partial charge in [-0.15, -0.1) is 0 Å². The molecule has 7 heteroatoms. The Balaban J connectivity index is 2.62. The standard InChI is InChI=1S/C11H19N3O4/c1-3-11(2,9(16)17)13-10(18)14-5-4-7(6-14)8(12)15/h7H,3-6H2,1-2H3,(H2,12,15)(H,13,18)(H,16,17). The molecule has 18 heavy (non-hydrogen) atoms. The molecule has 7 nitrogen and oxygen atoms in total. The maximum absolute atomic E-state index is 11.9. The number of carbonyl (C=O) groups excluding carboxylic acids is 2. The maximum Gasteiger partial charge on any atom is 0.329 e. The summed E-state index contributed by atoms with van der Waals surface area (Å²) in [6.07, 6.45) is 0.805. The molecule has 1 heterocycles. The van der Waals surface area contributed by atoms with Gasteiger partial charge in [0.2, 0.25) is 5.91 Å². The number of nitrogens with zero attached hydrogens (tertiary/aromatic N) is 1. The second-order valence-electron chi connectivity index (χ2n) is 4.75. The molecule has 1 saturated heterocycles. The van der Waals surface area contributed by atoms with Crippen LogP contribution in [0.2, 0.25) is 0 Å². The molecule has 1 rings (SSSR count). The molecule has 0 aromatic carbocycles. The van der Waals surface area contributed by atoms with Crippen molar-refractivity contribution in [3.63, 3.8) is 0 Å². The molecule has 0 aliphatic carbocycles. The third kappa shape index (κ3) is 2.91. The van der Waals surface area contributed by atoms with Gasteiger partial charge in [0.05, 0.1) is 5.92 Å². The van der Waals surface area contributed by atoms with Gasteiger partial charge in [-0.3, -0.25) is 4.79 Å². The van der Waals surface area contributed by atoms with Crippen LogP contribution >= 0.6 is 0 Å². The predicted octanol–water partition coefficient (Wildman–Crippen LogP) is -0.243. The van der Waals surface area contributed by atoms with Crippen LogP contribution in [0, 0.1) is 5.92 Å². The first-order chi connectivity index (χ1) is 8.30. The summed E-state index contributed by atoms with van der Waals surface area (Å²) >= 11 is 0. The first-order valence-electron chi connectivity index (χ1n) is 5.90. The molecule has 102 valence electrons. The number of nitrogens with one attached hydrogen (secondary N) is 1. The van der Waals surface area contributed by atoms with Crippen LogP contribution in [0.15, 0.2) is 0 Å². The highest BCUT2D eigenvalue weighted by molar-refractivity contribution is 5.86. The van der Waals surface area contributed by atoms with Gasteiger partial charge in [0.25, 0.3) is 0 Å².